The van der Waals surface area contributed by atoms with E-state index < -0.39 is 5.82 Å². The fourth-order valence-electron chi connectivity index (χ4n) is 4.53. The maximum atomic E-state index is 13.4. The van der Waals surface area contributed by atoms with E-state index in [1.165, 1.54) is 23.8 Å². The van der Waals surface area contributed by atoms with E-state index >= 15 is 0 Å². The quantitative estimate of drug-likeness (QED) is 0.437. The third-order valence-corrected chi connectivity index (χ3v) is 6.25. The molecule has 170 valence electrons. The third kappa shape index (κ3) is 4.08. The minimum Gasteiger partial charge on any atom is -0.339 e. The number of aromatic nitrogens is 2. The summed E-state index contributed by atoms with van der Waals surface area (Å²) < 4.78 is 15.4. The average Bonchev–Trinajstić information content (AvgIpc) is 3.49. The number of amides is 2. The van der Waals surface area contributed by atoms with Crippen LogP contribution in [0.4, 0.5) is 10.1 Å². The van der Waals surface area contributed by atoms with Crippen molar-refractivity contribution in [2.24, 2.45) is 0 Å². The molecule has 0 aliphatic carbocycles. The molecule has 1 unspecified atom stereocenters. The maximum Gasteiger partial charge on any atom is 0.255 e. The van der Waals surface area contributed by atoms with Crippen LogP contribution in [0.15, 0.2) is 85.8 Å². The number of anilines is 1. The number of benzene rings is 2. The van der Waals surface area contributed by atoms with Gasteiger partial charge in [-0.05, 0) is 66.1 Å². The van der Waals surface area contributed by atoms with Crippen molar-refractivity contribution in [1.29, 1.82) is 0 Å². The predicted octanol–water partition coefficient (Wildman–Crippen LogP) is 4.89. The highest BCUT2D eigenvalue weighted by molar-refractivity contribution is 6.04. The molecule has 1 fully saturated rings. The zero-order valence-electron chi connectivity index (χ0n) is 18.4. The number of hydrogen-bond donors (Lipinski definition) is 1. The van der Waals surface area contributed by atoms with Crippen molar-refractivity contribution in [2.45, 2.75) is 12.3 Å². The molecule has 1 N–H and O–H groups in total. The van der Waals surface area contributed by atoms with Gasteiger partial charge in [-0.1, -0.05) is 24.8 Å². The molecule has 2 amide bonds. The van der Waals surface area contributed by atoms with Crippen molar-refractivity contribution in [1.82, 2.24) is 14.3 Å². The first kappa shape index (κ1) is 21.6. The summed E-state index contributed by atoms with van der Waals surface area (Å²) in [6.45, 7) is 4.96. The Morgan fingerprint density at radius 1 is 1.12 bits per heavy atom. The molecule has 1 saturated heterocycles. The van der Waals surface area contributed by atoms with Crippen LogP contribution in [0, 0.1) is 5.82 Å². The summed E-state index contributed by atoms with van der Waals surface area (Å²) in [5.74, 6) is -0.527. The number of nitrogens with zero attached hydrogens (tertiary/aromatic N) is 3. The molecule has 0 radical (unpaired) electrons. The Balaban J connectivity index is 1.42. The van der Waals surface area contributed by atoms with Crippen molar-refractivity contribution < 1.29 is 14.0 Å². The second-order valence-corrected chi connectivity index (χ2v) is 8.34. The van der Waals surface area contributed by atoms with Crippen LogP contribution in [0.3, 0.4) is 0 Å². The van der Waals surface area contributed by atoms with Gasteiger partial charge in [0, 0.05) is 36.5 Å². The minimum atomic E-state index is -0.406. The molecular weight excluding hydrogens is 431 g/mol. The molecule has 1 aliphatic heterocycles. The first-order valence-corrected chi connectivity index (χ1v) is 11.1. The summed E-state index contributed by atoms with van der Waals surface area (Å²) >= 11 is 0. The molecule has 4 aromatic rings. The third-order valence-electron chi connectivity index (χ3n) is 6.25. The lowest BCUT2D eigenvalue weighted by atomic mass is 9.98. The standard InChI is InChI=1S/C27H23FN4O2/c1-2-26(33)31-13-11-20(16-31)23-15-25(32-17-29-12-10-24(23)32)18-6-8-19(9-7-18)27(34)30-22-5-3-4-21(28)14-22/h2-10,12,14-15,17,20H,1,11,13,16H2,(H,30,34). The molecule has 0 spiro atoms. The SMILES string of the molecule is C=CC(=O)N1CCC(c2cc(-c3ccc(C(=O)Nc4cccc(F)c4)cc3)n3cnccc23)C1. The molecule has 0 bridgehead atoms. The first-order valence-electron chi connectivity index (χ1n) is 11.1. The Morgan fingerprint density at radius 2 is 1.94 bits per heavy atom. The fourth-order valence-corrected chi connectivity index (χ4v) is 4.53. The van der Waals surface area contributed by atoms with Crippen LogP contribution in [-0.4, -0.2) is 39.2 Å². The van der Waals surface area contributed by atoms with Gasteiger partial charge in [0.2, 0.25) is 5.91 Å². The van der Waals surface area contributed by atoms with E-state index in [1.54, 1.807) is 36.8 Å². The van der Waals surface area contributed by atoms with Crippen LogP contribution in [0.5, 0.6) is 0 Å². The Labute approximate surface area is 196 Å². The lowest BCUT2D eigenvalue weighted by Crippen LogP contribution is -2.26. The molecule has 5 rings (SSSR count). The normalized spacial score (nSPS) is 15.4. The topological polar surface area (TPSA) is 66.7 Å². The van der Waals surface area contributed by atoms with Gasteiger partial charge in [-0.2, -0.15) is 0 Å². The van der Waals surface area contributed by atoms with Crippen molar-refractivity contribution in [3.05, 3.63) is 103 Å². The van der Waals surface area contributed by atoms with Gasteiger partial charge in [0.15, 0.2) is 0 Å². The van der Waals surface area contributed by atoms with Crippen molar-refractivity contribution in [2.75, 3.05) is 18.4 Å². The monoisotopic (exact) mass is 454 g/mol. The molecular formula is C27H23FN4O2. The number of hydrogen-bond acceptors (Lipinski definition) is 3. The van der Waals surface area contributed by atoms with Crippen LogP contribution >= 0.6 is 0 Å². The summed E-state index contributed by atoms with van der Waals surface area (Å²) in [4.78, 5) is 30.7. The predicted molar refractivity (Wildman–Crippen MR) is 129 cm³/mol. The number of rotatable bonds is 5. The van der Waals surface area contributed by atoms with Crippen LogP contribution in [-0.2, 0) is 4.79 Å². The number of likely N-dealkylation sites (tertiary alicyclic amines) is 1. The van der Waals surface area contributed by atoms with Crippen LogP contribution < -0.4 is 5.32 Å². The van der Waals surface area contributed by atoms with E-state index in [4.69, 9.17) is 0 Å². The van der Waals surface area contributed by atoms with Gasteiger partial charge in [-0.15, -0.1) is 0 Å². The number of carbonyl (C=O) groups excluding carboxylic acids is 2. The van der Waals surface area contributed by atoms with Gasteiger partial charge in [-0.3, -0.25) is 9.59 Å². The smallest absolute Gasteiger partial charge is 0.255 e. The Kier molecular flexibility index (Phi) is 5.67. The Hall–Kier alpha value is -4.26. The number of nitrogens with one attached hydrogen (secondary N) is 1. The number of fused-ring (bicyclic) bond motifs is 1. The van der Waals surface area contributed by atoms with Gasteiger partial charge in [0.1, 0.15) is 5.82 Å². The molecule has 2 aromatic heterocycles. The second kappa shape index (κ2) is 8.94. The van der Waals surface area contributed by atoms with Gasteiger partial charge >= 0.3 is 0 Å². The zero-order valence-corrected chi connectivity index (χ0v) is 18.4. The maximum absolute atomic E-state index is 13.4. The highest BCUT2D eigenvalue weighted by Gasteiger charge is 2.28. The summed E-state index contributed by atoms with van der Waals surface area (Å²) in [7, 11) is 0. The lowest BCUT2D eigenvalue weighted by molar-refractivity contribution is -0.125. The molecule has 1 aliphatic rings. The average molecular weight is 455 g/mol. The first-order chi connectivity index (χ1) is 16.5. The minimum absolute atomic E-state index is 0.0417. The van der Waals surface area contributed by atoms with E-state index in [9.17, 15) is 14.0 Å². The van der Waals surface area contributed by atoms with E-state index in [-0.39, 0.29) is 17.7 Å². The highest BCUT2D eigenvalue weighted by Crippen LogP contribution is 2.35. The zero-order chi connectivity index (χ0) is 23.7. The van der Waals surface area contributed by atoms with Crippen molar-refractivity contribution in [3.63, 3.8) is 0 Å². The summed E-state index contributed by atoms with van der Waals surface area (Å²) in [5.41, 5.74) is 5.00. The van der Waals surface area contributed by atoms with Crippen molar-refractivity contribution in [3.8, 4) is 11.3 Å². The van der Waals surface area contributed by atoms with Crippen LogP contribution in [0.25, 0.3) is 16.8 Å². The van der Waals surface area contributed by atoms with Gasteiger partial charge in [-0.25, -0.2) is 9.37 Å². The van der Waals surface area contributed by atoms with Crippen molar-refractivity contribution >= 4 is 23.0 Å². The van der Waals surface area contributed by atoms with Crippen LogP contribution in [0.2, 0.25) is 0 Å². The molecule has 2 aromatic carbocycles. The van der Waals surface area contributed by atoms with E-state index in [1.807, 2.05) is 27.5 Å². The lowest BCUT2D eigenvalue weighted by Gasteiger charge is -2.13. The molecule has 34 heavy (non-hydrogen) atoms. The fraction of sp³-hybridized carbons (Fsp3) is 0.148. The van der Waals surface area contributed by atoms with Crippen LogP contribution in [0.1, 0.15) is 28.3 Å². The second-order valence-electron chi connectivity index (χ2n) is 8.34. The molecule has 6 nitrogen and oxygen atoms in total. The summed E-state index contributed by atoms with van der Waals surface area (Å²) in [6, 6.07) is 17.2. The highest BCUT2D eigenvalue weighted by atomic mass is 19.1. The molecule has 3 heterocycles. The van der Waals surface area contributed by atoms with E-state index in [2.05, 4.69) is 22.9 Å². The summed E-state index contributed by atoms with van der Waals surface area (Å²) in [6.07, 6.45) is 5.80. The molecule has 0 saturated carbocycles. The Morgan fingerprint density at radius 3 is 2.71 bits per heavy atom. The van der Waals surface area contributed by atoms with E-state index in [0.29, 0.717) is 24.3 Å². The molecule has 7 heteroatoms. The van der Waals surface area contributed by atoms with Gasteiger partial charge in [0.25, 0.3) is 5.91 Å². The Bertz CT molecular complexity index is 1390. The van der Waals surface area contributed by atoms with Gasteiger partial charge < -0.3 is 14.6 Å². The largest absolute Gasteiger partial charge is 0.339 e. The number of halogens is 1. The molecule has 1 atom stereocenters. The van der Waals surface area contributed by atoms with Gasteiger partial charge in [0.05, 0.1) is 17.5 Å². The summed E-state index contributed by atoms with van der Waals surface area (Å²) in [5, 5.41) is 2.71. The number of carbonyl (C=O) groups is 2. The van der Waals surface area contributed by atoms with E-state index in [0.717, 1.165) is 23.2 Å².